The Kier molecular flexibility index (Phi) is 5.38. The topological polar surface area (TPSA) is 50.9 Å². The molecule has 4 aromatic rings. The lowest BCUT2D eigenvalue weighted by Gasteiger charge is -2.29. The van der Waals surface area contributed by atoms with E-state index >= 15 is 0 Å². The Labute approximate surface area is 187 Å². The first-order valence-corrected chi connectivity index (χ1v) is 11.8. The second kappa shape index (κ2) is 8.33. The standard InChI is InChI=1S/C26H26N2O2S/c1-29-22-10-6-8-18(26(22)30-2)20-15-27-24(16-11-13-17(31-3)14-12-16)25-23(20)19-7-4-5-9-21(19)28-25/h4-14,20,24,27-28H,15H2,1-3H3/p+1/t20-,24-/m1/s1. The number of fused-ring (bicyclic) bond motifs is 3. The maximum atomic E-state index is 5.81. The molecule has 1 aliphatic rings. The van der Waals surface area contributed by atoms with Crippen LogP contribution >= 0.6 is 11.8 Å². The fraction of sp³-hybridized carbons (Fsp3) is 0.231. The molecule has 0 saturated heterocycles. The maximum absolute atomic E-state index is 5.81. The number of aromatic amines is 1. The second-order valence-electron chi connectivity index (χ2n) is 7.86. The Morgan fingerprint density at radius 2 is 1.74 bits per heavy atom. The first-order chi connectivity index (χ1) is 15.2. The van der Waals surface area contributed by atoms with Crippen molar-refractivity contribution < 1.29 is 14.8 Å². The zero-order valence-corrected chi connectivity index (χ0v) is 18.8. The first-order valence-electron chi connectivity index (χ1n) is 10.5. The third-order valence-electron chi connectivity index (χ3n) is 6.33. The molecular weight excluding hydrogens is 404 g/mol. The van der Waals surface area contributed by atoms with Gasteiger partial charge in [-0.25, -0.2) is 0 Å². The molecule has 5 rings (SSSR count). The number of hydrogen-bond donors (Lipinski definition) is 2. The molecule has 31 heavy (non-hydrogen) atoms. The van der Waals surface area contributed by atoms with Crippen LogP contribution in [0.4, 0.5) is 0 Å². The van der Waals surface area contributed by atoms with Crippen molar-refractivity contribution in [2.75, 3.05) is 27.0 Å². The van der Waals surface area contributed by atoms with Crippen molar-refractivity contribution in [3.05, 3.63) is 89.1 Å². The minimum absolute atomic E-state index is 0.206. The van der Waals surface area contributed by atoms with Gasteiger partial charge >= 0.3 is 0 Å². The van der Waals surface area contributed by atoms with Gasteiger partial charge in [0.1, 0.15) is 0 Å². The van der Waals surface area contributed by atoms with Crippen molar-refractivity contribution in [1.82, 2.24) is 4.98 Å². The van der Waals surface area contributed by atoms with Crippen molar-refractivity contribution in [1.29, 1.82) is 0 Å². The van der Waals surface area contributed by atoms with Gasteiger partial charge in [-0.3, -0.25) is 0 Å². The molecule has 1 aliphatic heterocycles. The first kappa shape index (κ1) is 20.0. The Bertz CT molecular complexity index is 1220. The normalized spacial score (nSPS) is 18.0. The molecule has 158 valence electrons. The Hall–Kier alpha value is -2.89. The van der Waals surface area contributed by atoms with Gasteiger partial charge in [-0.15, -0.1) is 11.8 Å². The predicted molar refractivity (Wildman–Crippen MR) is 127 cm³/mol. The second-order valence-corrected chi connectivity index (χ2v) is 8.74. The number of quaternary nitrogens is 1. The van der Waals surface area contributed by atoms with Crippen LogP contribution in [-0.2, 0) is 0 Å². The van der Waals surface area contributed by atoms with E-state index in [2.05, 4.69) is 77.2 Å². The number of methoxy groups -OCH3 is 2. The van der Waals surface area contributed by atoms with Gasteiger partial charge in [0.2, 0.25) is 0 Å². The molecule has 3 aromatic carbocycles. The molecule has 0 amide bonds. The molecule has 0 saturated carbocycles. The van der Waals surface area contributed by atoms with Gasteiger partial charge in [-0.2, -0.15) is 0 Å². The highest BCUT2D eigenvalue weighted by molar-refractivity contribution is 7.98. The molecule has 0 fully saturated rings. The number of para-hydroxylation sites is 2. The largest absolute Gasteiger partial charge is 0.493 e. The van der Waals surface area contributed by atoms with E-state index in [1.807, 2.05) is 6.07 Å². The zero-order valence-electron chi connectivity index (χ0n) is 18.0. The number of benzene rings is 3. The van der Waals surface area contributed by atoms with Crippen molar-refractivity contribution in [3.63, 3.8) is 0 Å². The average molecular weight is 432 g/mol. The molecule has 0 radical (unpaired) electrons. The molecule has 0 spiro atoms. The fourth-order valence-corrected chi connectivity index (χ4v) is 5.30. The van der Waals surface area contributed by atoms with Gasteiger partial charge in [0.05, 0.1) is 32.4 Å². The van der Waals surface area contributed by atoms with Gasteiger partial charge in [0.15, 0.2) is 17.5 Å². The summed E-state index contributed by atoms with van der Waals surface area (Å²) in [6.07, 6.45) is 2.11. The van der Waals surface area contributed by atoms with Crippen LogP contribution in [0.15, 0.2) is 71.6 Å². The van der Waals surface area contributed by atoms with E-state index in [1.54, 1.807) is 26.0 Å². The van der Waals surface area contributed by atoms with Crippen LogP contribution in [0.5, 0.6) is 11.5 Å². The third-order valence-corrected chi connectivity index (χ3v) is 7.07. The molecule has 0 unspecified atom stereocenters. The number of ether oxygens (including phenoxy) is 2. The molecule has 0 aliphatic carbocycles. The number of thioether (sulfide) groups is 1. The lowest BCUT2D eigenvalue weighted by atomic mass is 9.82. The van der Waals surface area contributed by atoms with E-state index in [1.165, 1.54) is 38.2 Å². The molecule has 2 heterocycles. The number of nitrogens with two attached hydrogens (primary N) is 1. The molecule has 5 heteroatoms. The monoisotopic (exact) mass is 431 g/mol. The summed E-state index contributed by atoms with van der Waals surface area (Å²) in [7, 11) is 3.42. The third kappa shape index (κ3) is 3.38. The molecule has 3 N–H and O–H groups in total. The highest BCUT2D eigenvalue weighted by atomic mass is 32.2. The molecule has 4 nitrogen and oxygen atoms in total. The van der Waals surface area contributed by atoms with E-state index in [0.29, 0.717) is 0 Å². The van der Waals surface area contributed by atoms with Crippen molar-refractivity contribution in [2.45, 2.75) is 16.9 Å². The van der Waals surface area contributed by atoms with Gasteiger partial charge in [0, 0.05) is 32.5 Å². The van der Waals surface area contributed by atoms with Crippen molar-refractivity contribution in [2.24, 2.45) is 0 Å². The summed E-state index contributed by atoms with van der Waals surface area (Å²) in [6, 6.07) is 24.0. The lowest BCUT2D eigenvalue weighted by molar-refractivity contribution is -0.692. The minimum atomic E-state index is 0.206. The lowest BCUT2D eigenvalue weighted by Crippen LogP contribution is -2.88. The summed E-state index contributed by atoms with van der Waals surface area (Å²) < 4.78 is 11.4. The van der Waals surface area contributed by atoms with Gasteiger partial charge < -0.3 is 19.8 Å². The summed E-state index contributed by atoms with van der Waals surface area (Å²) >= 11 is 1.78. The van der Waals surface area contributed by atoms with Gasteiger partial charge in [-0.1, -0.05) is 42.5 Å². The smallest absolute Gasteiger partial charge is 0.164 e. The number of nitrogens with one attached hydrogen (secondary N) is 1. The maximum Gasteiger partial charge on any atom is 0.164 e. The van der Waals surface area contributed by atoms with Crippen molar-refractivity contribution >= 4 is 22.7 Å². The van der Waals surface area contributed by atoms with E-state index in [9.17, 15) is 0 Å². The number of aromatic nitrogens is 1. The Balaban J connectivity index is 1.68. The van der Waals surface area contributed by atoms with Crippen LogP contribution in [-0.4, -0.2) is 32.0 Å². The van der Waals surface area contributed by atoms with Crippen molar-refractivity contribution in [3.8, 4) is 11.5 Å². The predicted octanol–water partition coefficient (Wildman–Crippen LogP) is 4.71. The van der Waals surface area contributed by atoms with Crippen LogP contribution in [0, 0.1) is 0 Å². The summed E-state index contributed by atoms with van der Waals surface area (Å²) in [5.74, 6) is 1.80. The van der Waals surface area contributed by atoms with Crippen LogP contribution in [0.25, 0.3) is 10.9 Å². The number of hydrogen-bond acceptors (Lipinski definition) is 3. The molecule has 2 atom stereocenters. The Morgan fingerprint density at radius 1 is 0.935 bits per heavy atom. The van der Waals surface area contributed by atoms with E-state index < -0.39 is 0 Å². The minimum Gasteiger partial charge on any atom is -0.493 e. The molecular formula is C26H27N2O2S+. The van der Waals surface area contributed by atoms with E-state index in [4.69, 9.17) is 9.47 Å². The summed E-state index contributed by atoms with van der Waals surface area (Å²) in [4.78, 5) is 5.04. The molecule has 0 bridgehead atoms. The zero-order chi connectivity index (χ0) is 21.4. The van der Waals surface area contributed by atoms with Gasteiger partial charge in [0.25, 0.3) is 0 Å². The van der Waals surface area contributed by atoms with Crippen LogP contribution in [0.2, 0.25) is 0 Å². The van der Waals surface area contributed by atoms with Gasteiger partial charge in [-0.05, 0) is 30.5 Å². The van der Waals surface area contributed by atoms with Crippen LogP contribution < -0.4 is 14.8 Å². The SMILES string of the molecule is COc1cccc([C@H]2C[NH2+][C@H](c3ccc(SC)cc3)c3[nH]c4ccccc4c32)c1OC. The fourth-order valence-electron chi connectivity index (χ4n) is 4.90. The average Bonchev–Trinajstić information content (AvgIpc) is 3.23. The summed E-state index contributed by atoms with van der Waals surface area (Å²) in [5, 5.41) is 3.72. The Morgan fingerprint density at radius 3 is 2.48 bits per heavy atom. The molecule has 1 aromatic heterocycles. The van der Waals surface area contributed by atoms with E-state index in [0.717, 1.165) is 18.0 Å². The van der Waals surface area contributed by atoms with E-state index in [-0.39, 0.29) is 12.0 Å². The summed E-state index contributed by atoms with van der Waals surface area (Å²) in [5.41, 5.74) is 6.31. The number of rotatable bonds is 5. The highest BCUT2D eigenvalue weighted by Gasteiger charge is 2.37. The van der Waals surface area contributed by atoms with Crippen LogP contribution in [0.1, 0.15) is 34.3 Å². The summed E-state index contributed by atoms with van der Waals surface area (Å²) in [6.45, 7) is 0.938. The van der Waals surface area contributed by atoms with Crippen LogP contribution in [0.3, 0.4) is 0 Å². The quantitative estimate of drug-likeness (QED) is 0.450. The highest BCUT2D eigenvalue weighted by Crippen LogP contribution is 2.44. The number of H-pyrrole nitrogens is 1.